The highest BCUT2D eigenvalue weighted by molar-refractivity contribution is 7.80. The van der Waals surface area contributed by atoms with Crippen molar-refractivity contribution in [1.82, 2.24) is 10.6 Å². The zero-order chi connectivity index (χ0) is 26.3. The van der Waals surface area contributed by atoms with Crippen molar-refractivity contribution in [2.45, 2.75) is 25.8 Å². The minimum atomic E-state index is -0.165. The number of carbonyl (C=O) groups excluding carboxylic acids is 3. The number of thiol groups is 1. The Bertz CT molecular complexity index is 1080. The van der Waals surface area contributed by atoms with Crippen LogP contribution in [0.2, 0.25) is 0 Å². The Morgan fingerprint density at radius 3 is 2.22 bits per heavy atom. The normalized spacial score (nSPS) is 13.1. The highest BCUT2D eigenvalue weighted by atomic mass is 32.1. The first-order valence-corrected chi connectivity index (χ1v) is 13.2. The van der Waals surface area contributed by atoms with Gasteiger partial charge >= 0.3 is 0 Å². The molecule has 2 aromatic rings. The Labute approximate surface area is 223 Å². The van der Waals surface area contributed by atoms with E-state index in [9.17, 15) is 14.4 Å². The summed E-state index contributed by atoms with van der Waals surface area (Å²) >= 11 is 4.00. The molecule has 0 radical (unpaired) electrons. The highest BCUT2D eigenvalue weighted by Gasteiger charge is 2.20. The molecule has 0 bridgehead atoms. The summed E-state index contributed by atoms with van der Waals surface area (Å²) in [4.78, 5) is 38.4. The maximum Gasteiger partial charge on any atom is 0.229 e. The van der Waals surface area contributed by atoms with E-state index in [0.29, 0.717) is 45.1 Å². The van der Waals surface area contributed by atoms with Crippen molar-refractivity contribution >= 4 is 48.2 Å². The second-order valence-corrected chi connectivity index (χ2v) is 8.92. The van der Waals surface area contributed by atoms with Crippen LogP contribution in [0.15, 0.2) is 48.5 Å². The second-order valence-electron chi connectivity index (χ2n) is 8.47. The summed E-state index contributed by atoms with van der Waals surface area (Å²) in [7, 11) is 0. The number of para-hydroxylation sites is 1. The second kappa shape index (κ2) is 15.9. The number of amides is 3. The Morgan fingerprint density at radius 1 is 0.757 bits per heavy atom. The lowest BCUT2D eigenvalue weighted by molar-refractivity contribution is -0.123. The molecule has 2 aromatic carbocycles. The number of carbonyl (C=O) groups is 3. The molecule has 3 amide bonds. The number of anilines is 1. The first kappa shape index (κ1) is 28.4. The molecule has 2 N–H and O–H groups in total. The molecule has 0 saturated heterocycles. The fourth-order valence-electron chi connectivity index (χ4n) is 3.84. The van der Waals surface area contributed by atoms with Crippen molar-refractivity contribution in [3.05, 3.63) is 65.2 Å². The van der Waals surface area contributed by atoms with Crippen LogP contribution < -0.4 is 15.5 Å². The number of nitrogens with zero attached hydrogens (tertiary/aromatic N) is 1. The van der Waals surface area contributed by atoms with Crippen LogP contribution in [0.1, 0.15) is 36.0 Å². The van der Waals surface area contributed by atoms with E-state index >= 15 is 0 Å². The smallest absolute Gasteiger partial charge is 0.229 e. The first-order valence-electron chi connectivity index (χ1n) is 12.5. The van der Waals surface area contributed by atoms with Gasteiger partial charge in [-0.25, -0.2) is 0 Å². The van der Waals surface area contributed by atoms with Gasteiger partial charge < -0.3 is 25.0 Å². The Morgan fingerprint density at radius 2 is 1.41 bits per heavy atom. The van der Waals surface area contributed by atoms with Crippen molar-refractivity contribution in [2.75, 3.05) is 50.2 Å². The molecule has 8 nitrogen and oxygen atoms in total. The van der Waals surface area contributed by atoms with Crippen LogP contribution >= 0.6 is 12.6 Å². The van der Waals surface area contributed by atoms with Crippen molar-refractivity contribution < 1.29 is 23.9 Å². The molecule has 0 spiro atoms. The van der Waals surface area contributed by atoms with Crippen LogP contribution in [0, 0.1) is 0 Å². The molecule has 198 valence electrons. The van der Waals surface area contributed by atoms with E-state index in [2.05, 4.69) is 29.3 Å². The minimum Gasteiger partial charge on any atom is -0.379 e. The van der Waals surface area contributed by atoms with E-state index in [1.165, 1.54) is 0 Å². The SMILES string of the molecule is O=C(CCS)NCCOCCOCCC(=O)NCCC(=O)N1Cc2ccccc2/C=C\c2ccccc21. The van der Waals surface area contributed by atoms with Crippen molar-refractivity contribution in [3.63, 3.8) is 0 Å². The Balaban J connectivity index is 1.34. The van der Waals surface area contributed by atoms with E-state index in [1.54, 1.807) is 4.90 Å². The van der Waals surface area contributed by atoms with Crippen LogP contribution in [0.25, 0.3) is 12.2 Å². The molecular formula is C28H35N3O5S. The molecule has 1 aliphatic rings. The third kappa shape index (κ3) is 9.68. The number of nitrogens with one attached hydrogen (secondary N) is 2. The summed E-state index contributed by atoms with van der Waals surface area (Å²) in [5.74, 6) is 0.260. The van der Waals surface area contributed by atoms with Crippen LogP contribution in [0.4, 0.5) is 5.69 Å². The quantitative estimate of drug-likeness (QED) is 0.260. The fraction of sp³-hybridized carbons (Fsp3) is 0.393. The molecule has 0 aromatic heterocycles. The Hall–Kier alpha value is -3.14. The number of hydrogen-bond acceptors (Lipinski definition) is 6. The van der Waals surface area contributed by atoms with E-state index in [4.69, 9.17) is 9.47 Å². The predicted octanol–water partition coefficient (Wildman–Crippen LogP) is 3.07. The summed E-state index contributed by atoms with van der Waals surface area (Å²) in [6.07, 6.45) is 4.91. The summed E-state index contributed by atoms with van der Waals surface area (Å²) < 4.78 is 10.8. The van der Waals surface area contributed by atoms with Gasteiger partial charge in [-0.05, 0) is 28.5 Å². The first-order chi connectivity index (χ1) is 18.1. The van der Waals surface area contributed by atoms with Crippen molar-refractivity contribution in [1.29, 1.82) is 0 Å². The molecule has 3 rings (SSSR count). The summed E-state index contributed by atoms with van der Waals surface area (Å²) in [6.45, 7) is 2.59. The van der Waals surface area contributed by atoms with Crippen LogP contribution in [0.5, 0.6) is 0 Å². The maximum atomic E-state index is 13.2. The summed E-state index contributed by atoms with van der Waals surface area (Å²) in [5, 5.41) is 5.53. The van der Waals surface area contributed by atoms with E-state index < -0.39 is 0 Å². The van der Waals surface area contributed by atoms with Crippen molar-refractivity contribution in [2.24, 2.45) is 0 Å². The molecule has 9 heteroatoms. The molecule has 0 fully saturated rings. The topological polar surface area (TPSA) is 97.0 Å². The van der Waals surface area contributed by atoms with Crippen molar-refractivity contribution in [3.8, 4) is 0 Å². The molecule has 0 saturated carbocycles. The number of fused-ring (bicyclic) bond motifs is 2. The average molecular weight is 526 g/mol. The van der Waals surface area contributed by atoms with Gasteiger partial charge in [-0.3, -0.25) is 14.4 Å². The number of rotatable bonds is 14. The summed E-state index contributed by atoms with van der Waals surface area (Å²) in [5.41, 5.74) is 4.00. The van der Waals surface area contributed by atoms with E-state index in [1.807, 2.05) is 54.6 Å². The lowest BCUT2D eigenvalue weighted by Crippen LogP contribution is -2.35. The lowest BCUT2D eigenvalue weighted by atomic mass is 10.0. The zero-order valence-electron chi connectivity index (χ0n) is 21.0. The van der Waals surface area contributed by atoms with Gasteiger partial charge in [-0.1, -0.05) is 54.6 Å². The van der Waals surface area contributed by atoms with Crippen LogP contribution in [-0.2, 0) is 30.4 Å². The molecule has 0 unspecified atom stereocenters. The lowest BCUT2D eigenvalue weighted by Gasteiger charge is -2.27. The van der Waals surface area contributed by atoms with Gasteiger partial charge in [-0.15, -0.1) is 0 Å². The van der Waals surface area contributed by atoms with Gasteiger partial charge in [0, 0.05) is 32.4 Å². The largest absolute Gasteiger partial charge is 0.379 e. The number of benzene rings is 2. The zero-order valence-corrected chi connectivity index (χ0v) is 21.9. The van der Waals surface area contributed by atoms with Crippen LogP contribution in [0.3, 0.4) is 0 Å². The molecular weight excluding hydrogens is 490 g/mol. The molecule has 0 atom stereocenters. The number of hydrogen-bond donors (Lipinski definition) is 3. The van der Waals surface area contributed by atoms with Gasteiger partial charge in [0.1, 0.15) is 0 Å². The third-order valence-corrected chi connectivity index (χ3v) is 5.99. The fourth-order valence-corrected chi connectivity index (χ4v) is 4.05. The van der Waals surface area contributed by atoms with Crippen LogP contribution in [-0.4, -0.2) is 63.0 Å². The average Bonchev–Trinajstić information content (AvgIpc) is 2.89. The summed E-state index contributed by atoms with van der Waals surface area (Å²) in [6, 6.07) is 15.9. The van der Waals surface area contributed by atoms with Gasteiger partial charge in [0.2, 0.25) is 17.7 Å². The molecule has 0 aliphatic carbocycles. The molecule has 1 aliphatic heterocycles. The van der Waals surface area contributed by atoms with Gasteiger partial charge in [0.15, 0.2) is 0 Å². The molecule has 1 heterocycles. The molecule has 37 heavy (non-hydrogen) atoms. The maximum absolute atomic E-state index is 13.2. The monoisotopic (exact) mass is 525 g/mol. The van der Waals surface area contributed by atoms with Gasteiger partial charge in [0.05, 0.1) is 38.7 Å². The standard InChI is InChI=1S/C28H35N3O5S/c32-26(12-16-35-18-19-36-17-15-30-27(33)13-20-37)29-14-11-28(34)31-21-24-7-2-1-5-22(24)9-10-23-6-3-4-8-25(23)31/h1-10,37H,11-21H2,(H,29,32)(H,30,33)/b10-9-. The van der Waals surface area contributed by atoms with E-state index in [-0.39, 0.29) is 43.7 Å². The van der Waals surface area contributed by atoms with Gasteiger partial charge in [-0.2, -0.15) is 12.6 Å². The highest BCUT2D eigenvalue weighted by Crippen LogP contribution is 2.29. The minimum absolute atomic E-state index is 0.0447. The predicted molar refractivity (Wildman–Crippen MR) is 148 cm³/mol. The number of ether oxygens (including phenoxy) is 2. The third-order valence-electron chi connectivity index (χ3n) is 5.77. The van der Waals surface area contributed by atoms with Gasteiger partial charge in [0.25, 0.3) is 0 Å². The van der Waals surface area contributed by atoms with E-state index in [0.717, 1.165) is 22.4 Å². The Kier molecular flexibility index (Phi) is 12.2.